The number of carbonyl (C=O) groups excluding carboxylic acids is 1. The van der Waals surface area contributed by atoms with Gasteiger partial charge in [0.2, 0.25) is 5.91 Å². The summed E-state index contributed by atoms with van der Waals surface area (Å²) in [5.74, 6) is 0.649. The van der Waals surface area contributed by atoms with Crippen molar-refractivity contribution in [2.24, 2.45) is 0 Å². The Hall–Kier alpha value is -2.56. The predicted molar refractivity (Wildman–Crippen MR) is 99.2 cm³/mol. The van der Waals surface area contributed by atoms with Gasteiger partial charge in [0.15, 0.2) is 0 Å². The lowest BCUT2D eigenvalue weighted by molar-refractivity contribution is -0.130. The third-order valence-electron chi connectivity index (χ3n) is 4.28. The van der Waals surface area contributed by atoms with Crippen molar-refractivity contribution in [2.45, 2.75) is 33.6 Å². The van der Waals surface area contributed by atoms with Crippen LogP contribution in [0.3, 0.4) is 0 Å². The van der Waals surface area contributed by atoms with Crippen LogP contribution in [-0.2, 0) is 11.2 Å². The van der Waals surface area contributed by atoms with Gasteiger partial charge in [-0.1, -0.05) is 12.2 Å². The smallest absolute Gasteiger partial charge is 0.339 e. The molecule has 0 saturated heterocycles. The number of rotatable bonds is 7. The summed E-state index contributed by atoms with van der Waals surface area (Å²) in [6.07, 6.45) is 0.635. The van der Waals surface area contributed by atoms with Crippen LogP contribution in [0.2, 0.25) is 0 Å². The monoisotopic (exact) mass is 343 g/mol. The third kappa shape index (κ3) is 4.29. The van der Waals surface area contributed by atoms with E-state index in [-0.39, 0.29) is 12.3 Å². The third-order valence-corrected chi connectivity index (χ3v) is 4.28. The van der Waals surface area contributed by atoms with E-state index < -0.39 is 5.63 Å². The van der Waals surface area contributed by atoms with Crippen LogP contribution in [0, 0.1) is 6.92 Å². The highest BCUT2D eigenvalue weighted by atomic mass is 16.5. The minimum Gasteiger partial charge on any atom is -0.497 e. The minimum absolute atomic E-state index is 0.0131. The van der Waals surface area contributed by atoms with Gasteiger partial charge in [-0.2, -0.15) is 0 Å². The number of hydrogen-bond donors (Lipinski definition) is 0. The Morgan fingerprint density at radius 1 is 1.36 bits per heavy atom. The van der Waals surface area contributed by atoms with Crippen LogP contribution in [0.25, 0.3) is 11.0 Å². The molecule has 1 aromatic heterocycles. The molecule has 1 amide bonds. The fourth-order valence-corrected chi connectivity index (χ4v) is 2.88. The summed E-state index contributed by atoms with van der Waals surface area (Å²) in [4.78, 5) is 26.5. The normalized spacial score (nSPS) is 10.7. The molecule has 25 heavy (non-hydrogen) atoms. The Morgan fingerprint density at radius 3 is 2.68 bits per heavy atom. The fourth-order valence-electron chi connectivity index (χ4n) is 2.88. The van der Waals surface area contributed by atoms with Crippen molar-refractivity contribution < 1.29 is 13.9 Å². The van der Waals surface area contributed by atoms with Gasteiger partial charge in [0.1, 0.15) is 11.3 Å². The Bertz CT molecular complexity index is 851. The molecule has 1 heterocycles. The molecule has 1 aromatic carbocycles. The maximum atomic E-state index is 12.4. The zero-order chi connectivity index (χ0) is 18.6. The Kier molecular flexibility index (Phi) is 6.02. The van der Waals surface area contributed by atoms with Gasteiger partial charge < -0.3 is 14.1 Å². The molecule has 134 valence electrons. The number of methoxy groups -OCH3 is 1. The molecule has 0 aliphatic carbocycles. The van der Waals surface area contributed by atoms with Gasteiger partial charge in [-0.05, 0) is 44.9 Å². The maximum Gasteiger partial charge on any atom is 0.339 e. The highest BCUT2D eigenvalue weighted by molar-refractivity contribution is 5.82. The molecule has 2 rings (SSSR count). The lowest BCUT2D eigenvalue weighted by Gasteiger charge is -2.21. The number of ether oxygens (including phenoxy) is 1. The van der Waals surface area contributed by atoms with E-state index in [4.69, 9.17) is 9.15 Å². The zero-order valence-electron chi connectivity index (χ0n) is 15.3. The van der Waals surface area contributed by atoms with Crippen molar-refractivity contribution in [3.05, 3.63) is 51.9 Å². The molecule has 0 aliphatic heterocycles. The Labute approximate surface area is 147 Å². The molecule has 0 fully saturated rings. The van der Waals surface area contributed by atoms with Crippen molar-refractivity contribution in [1.82, 2.24) is 4.90 Å². The van der Waals surface area contributed by atoms with Gasteiger partial charge in [-0.25, -0.2) is 4.79 Å². The van der Waals surface area contributed by atoms with E-state index in [9.17, 15) is 9.59 Å². The molecule has 0 saturated carbocycles. The molecule has 2 aromatic rings. The topological polar surface area (TPSA) is 59.8 Å². The lowest BCUT2D eigenvalue weighted by Crippen LogP contribution is -2.32. The number of hydrogen-bond acceptors (Lipinski definition) is 4. The summed E-state index contributed by atoms with van der Waals surface area (Å²) in [5.41, 5.74) is 2.44. The first-order valence-corrected chi connectivity index (χ1v) is 8.39. The van der Waals surface area contributed by atoms with Crippen molar-refractivity contribution in [3.63, 3.8) is 0 Å². The van der Waals surface area contributed by atoms with Crippen LogP contribution < -0.4 is 10.4 Å². The first kappa shape index (κ1) is 18.8. The maximum absolute atomic E-state index is 12.4. The van der Waals surface area contributed by atoms with Crippen LogP contribution in [0.4, 0.5) is 0 Å². The SMILES string of the molecule is C=C(C)CN(CC)C(=O)CCc1c(C)c2ccc(OC)cc2oc1=O. The molecular weight excluding hydrogens is 318 g/mol. The average Bonchev–Trinajstić information content (AvgIpc) is 2.58. The molecule has 0 spiro atoms. The first-order valence-electron chi connectivity index (χ1n) is 8.39. The van der Waals surface area contributed by atoms with E-state index in [1.807, 2.05) is 32.9 Å². The summed E-state index contributed by atoms with van der Waals surface area (Å²) in [7, 11) is 1.57. The van der Waals surface area contributed by atoms with E-state index in [2.05, 4.69) is 6.58 Å². The predicted octanol–water partition coefficient (Wildman–Crippen LogP) is 3.47. The number of nitrogens with zero attached hydrogens (tertiary/aromatic N) is 1. The van der Waals surface area contributed by atoms with Crippen molar-refractivity contribution >= 4 is 16.9 Å². The fraction of sp³-hybridized carbons (Fsp3) is 0.400. The van der Waals surface area contributed by atoms with E-state index in [0.29, 0.717) is 36.4 Å². The number of carbonyl (C=O) groups is 1. The van der Waals surface area contributed by atoms with E-state index in [1.165, 1.54) is 0 Å². The second kappa shape index (κ2) is 8.01. The summed E-state index contributed by atoms with van der Waals surface area (Å²) < 4.78 is 10.6. The highest BCUT2D eigenvalue weighted by Crippen LogP contribution is 2.24. The van der Waals surface area contributed by atoms with Crippen LogP contribution in [-0.4, -0.2) is 31.0 Å². The highest BCUT2D eigenvalue weighted by Gasteiger charge is 2.16. The number of aryl methyl sites for hydroxylation is 1. The molecule has 0 radical (unpaired) electrons. The van der Waals surface area contributed by atoms with Crippen molar-refractivity contribution in [3.8, 4) is 5.75 Å². The summed E-state index contributed by atoms with van der Waals surface area (Å²) >= 11 is 0. The standard InChI is InChI=1S/C20H25NO4/c1-6-21(12-13(2)3)19(22)10-9-17-14(4)16-8-7-15(24-5)11-18(16)25-20(17)23/h7-8,11H,2,6,9-10,12H2,1,3-5H3. The second-order valence-electron chi connectivity index (χ2n) is 6.22. The van der Waals surface area contributed by atoms with Gasteiger partial charge in [-0.15, -0.1) is 0 Å². The number of amides is 1. The molecule has 5 nitrogen and oxygen atoms in total. The van der Waals surface area contributed by atoms with Gasteiger partial charge in [0, 0.05) is 36.5 Å². The van der Waals surface area contributed by atoms with E-state index >= 15 is 0 Å². The van der Waals surface area contributed by atoms with Crippen LogP contribution in [0.1, 0.15) is 31.4 Å². The number of likely N-dealkylation sites (N-methyl/N-ethyl adjacent to an activating group) is 1. The summed E-state index contributed by atoms with van der Waals surface area (Å²) in [5, 5.41) is 0.858. The molecule has 0 bridgehead atoms. The van der Waals surface area contributed by atoms with Gasteiger partial charge >= 0.3 is 5.63 Å². The van der Waals surface area contributed by atoms with Crippen LogP contribution in [0.15, 0.2) is 39.6 Å². The quantitative estimate of drug-likeness (QED) is 0.570. The van der Waals surface area contributed by atoms with E-state index in [0.717, 1.165) is 16.5 Å². The Morgan fingerprint density at radius 2 is 2.08 bits per heavy atom. The molecule has 0 aliphatic rings. The van der Waals surface area contributed by atoms with Crippen molar-refractivity contribution in [1.29, 1.82) is 0 Å². The molecule has 5 heteroatoms. The summed E-state index contributed by atoms with van der Waals surface area (Å²) in [6.45, 7) is 10.7. The van der Waals surface area contributed by atoms with Crippen LogP contribution >= 0.6 is 0 Å². The summed E-state index contributed by atoms with van der Waals surface area (Å²) in [6, 6.07) is 5.40. The number of fused-ring (bicyclic) bond motifs is 1. The molecule has 0 unspecified atom stereocenters. The molecule has 0 atom stereocenters. The second-order valence-corrected chi connectivity index (χ2v) is 6.22. The van der Waals surface area contributed by atoms with E-state index in [1.54, 1.807) is 18.1 Å². The van der Waals surface area contributed by atoms with Gasteiger partial charge in [0.05, 0.1) is 7.11 Å². The Balaban J connectivity index is 2.25. The first-order chi connectivity index (χ1) is 11.9. The molecular formula is C20H25NO4. The number of benzene rings is 1. The lowest BCUT2D eigenvalue weighted by atomic mass is 10.0. The average molecular weight is 343 g/mol. The van der Waals surface area contributed by atoms with Gasteiger partial charge in [0.25, 0.3) is 0 Å². The van der Waals surface area contributed by atoms with Crippen LogP contribution in [0.5, 0.6) is 5.75 Å². The molecule has 0 N–H and O–H groups in total. The minimum atomic E-state index is -0.394. The zero-order valence-corrected chi connectivity index (χ0v) is 15.3. The van der Waals surface area contributed by atoms with Gasteiger partial charge in [-0.3, -0.25) is 4.79 Å². The largest absolute Gasteiger partial charge is 0.497 e. The van der Waals surface area contributed by atoms with Crippen molar-refractivity contribution in [2.75, 3.05) is 20.2 Å².